The molecule has 1 aromatic carbocycles. The van der Waals surface area contributed by atoms with Crippen LogP contribution in [0.2, 0.25) is 5.02 Å². The Morgan fingerprint density at radius 1 is 1.26 bits per heavy atom. The van der Waals surface area contributed by atoms with Crippen molar-refractivity contribution >= 4 is 17.6 Å². The van der Waals surface area contributed by atoms with Crippen LogP contribution in [0.1, 0.15) is 32.3 Å². The summed E-state index contributed by atoms with van der Waals surface area (Å²) in [5, 5.41) is 7.16. The van der Waals surface area contributed by atoms with E-state index >= 15 is 0 Å². The highest BCUT2D eigenvalue weighted by molar-refractivity contribution is 6.31. The van der Waals surface area contributed by atoms with E-state index in [-0.39, 0.29) is 11.2 Å². The normalized spacial score (nSPS) is 16.4. The molecule has 27 heavy (non-hydrogen) atoms. The highest BCUT2D eigenvalue weighted by Crippen LogP contribution is 2.29. The molecule has 0 bridgehead atoms. The summed E-state index contributed by atoms with van der Waals surface area (Å²) in [6.45, 7) is 10.6. The minimum Gasteiger partial charge on any atom is -0.379 e. The molecule has 2 rings (SSSR count). The number of hydrogen-bond donors (Lipinski definition) is 2. The van der Waals surface area contributed by atoms with E-state index in [1.165, 1.54) is 12.1 Å². The first-order valence-corrected chi connectivity index (χ1v) is 10.0. The van der Waals surface area contributed by atoms with Gasteiger partial charge in [0.15, 0.2) is 5.96 Å². The van der Waals surface area contributed by atoms with Crippen molar-refractivity contribution in [3.63, 3.8) is 0 Å². The first-order valence-electron chi connectivity index (χ1n) is 9.62. The summed E-state index contributed by atoms with van der Waals surface area (Å²) in [4.78, 5) is 6.73. The second-order valence-corrected chi connectivity index (χ2v) is 7.93. The van der Waals surface area contributed by atoms with Gasteiger partial charge in [0.25, 0.3) is 0 Å². The Labute approximate surface area is 167 Å². The van der Waals surface area contributed by atoms with Gasteiger partial charge in [-0.15, -0.1) is 0 Å². The largest absolute Gasteiger partial charge is 0.379 e. The van der Waals surface area contributed by atoms with Crippen molar-refractivity contribution < 1.29 is 9.13 Å². The van der Waals surface area contributed by atoms with Gasteiger partial charge in [-0.1, -0.05) is 31.5 Å². The summed E-state index contributed by atoms with van der Waals surface area (Å²) in [6.07, 6.45) is 2.24. The number of ether oxygens (including phenoxy) is 1. The predicted octanol–water partition coefficient (Wildman–Crippen LogP) is 3.03. The number of halogens is 2. The van der Waals surface area contributed by atoms with Crippen molar-refractivity contribution in [1.82, 2.24) is 15.5 Å². The third-order valence-corrected chi connectivity index (χ3v) is 5.19. The van der Waals surface area contributed by atoms with Gasteiger partial charge in [0, 0.05) is 43.7 Å². The Bertz CT molecular complexity index is 618. The average molecular weight is 399 g/mol. The number of nitrogens with zero attached hydrogens (tertiary/aromatic N) is 2. The van der Waals surface area contributed by atoms with Crippen LogP contribution < -0.4 is 10.6 Å². The third kappa shape index (κ3) is 7.28. The van der Waals surface area contributed by atoms with Crippen LogP contribution in [0.25, 0.3) is 0 Å². The van der Waals surface area contributed by atoms with E-state index in [1.807, 2.05) is 0 Å². The van der Waals surface area contributed by atoms with E-state index in [0.717, 1.165) is 63.8 Å². The van der Waals surface area contributed by atoms with Crippen molar-refractivity contribution in [3.05, 3.63) is 34.6 Å². The molecule has 0 aromatic heterocycles. The van der Waals surface area contributed by atoms with Gasteiger partial charge in [0.1, 0.15) is 5.82 Å². The zero-order valence-electron chi connectivity index (χ0n) is 16.7. The van der Waals surface area contributed by atoms with Crippen molar-refractivity contribution in [1.29, 1.82) is 0 Å². The lowest BCUT2D eigenvalue weighted by molar-refractivity contribution is 0.0372. The second-order valence-electron chi connectivity index (χ2n) is 7.52. The Kier molecular flexibility index (Phi) is 8.80. The van der Waals surface area contributed by atoms with Crippen molar-refractivity contribution in [3.8, 4) is 0 Å². The summed E-state index contributed by atoms with van der Waals surface area (Å²) < 4.78 is 18.7. The van der Waals surface area contributed by atoms with E-state index < -0.39 is 0 Å². The lowest BCUT2D eigenvalue weighted by atomic mass is 9.84. The summed E-state index contributed by atoms with van der Waals surface area (Å²) >= 11 is 6.22. The molecular weight excluding hydrogens is 367 g/mol. The molecule has 1 saturated heterocycles. The SMILES string of the molecule is CN=C(NCCCCN1CCOCC1)NCC(C)(C)c1ccc(F)cc1Cl. The van der Waals surface area contributed by atoms with Crippen LogP contribution in [0.4, 0.5) is 4.39 Å². The molecule has 2 N–H and O–H groups in total. The molecule has 0 amide bonds. The van der Waals surface area contributed by atoms with Gasteiger partial charge >= 0.3 is 0 Å². The number of nitrogens with one attached hydrogen (secondary N) is 2. The maximum atomic E-state index is 13.3. The minimum atomic E-state index is -0.318. The highest BCUT2D eigenvalue weighted by atomic mass is 35.5. The topological polar surface area (TPSA) is 48.9 Å². The zero-order chi connectivity index (χ0) is 19.7. The van der Waals surface area contributed by atoms with E-state index in [2.05, 4.69) is 34.4 Å². The third-order valence-electron chi connectivity index (χ3n) is 4.88. The molecule has 7 heteroatoms. The monoisotopic (exact) mass is 398 g/mol. The van der Waals surface area contributed by atoms with Crippen molar-refractivity contribution in [2.75, 3.05) is 53.0 Å². The standard InChI is InChI=1S/C20H32ClFN4O/c1-20(2,17-7-6-16(22)14-18(17)21)15-25-19(23-3)24-8-4-5-9-26-10-12-27-13-11-26/h6-7,14H,4-5,8-13,15H2,1-3H3,(H2,23,24,25). The molecule has 1 aliphatic rings. The second kappa shape index (κ2) is 10.8. The van der Waals surface area contributed by atoms with Crippen LogP contribution >= 0.6 is 11.6 Å². The number of guanidine groups is 1. The van der Waals surface area contributed by atoms with Gasteiger partial charge < -0.3 is 15.4 Å². The van der Waals surface area contributed by atoms with Crippen LogP contribution in [0.5, 0.6) is 0 Å². The first kappa shape index (κ1) is 21.9. The fraction of sp³-hybridized carbons (Fsp3) is 0.650. The molecule has 0 saturated carbocycles. The van der Waals surface area contributed by atoms with Crippen molar-refractivity contribution in [2.45, 2.75) is 32.1 Å². The number of unbranched alkanes of at least 4 members (excludes halogenated alkanes) is 1. The molecule has 0 atom stereocenters. The number of benzene rings is 1. The van der Waals surface area contributed by atoms with Gasteiger partial charge in [0.2, 0.25) is 0 Å². The van der Waals surface area contributed by atoms with E-state index in [1.54, 1.807) is 13.1 Å². The first-order chi connectivity index (χ1) is 12.9. The Morgan fingerprint density at radius 3 is 2.67 bits per heavy atom. The Morgan fingerprint density at radius 2 is 2.00 bits per heavy atom. The highest BCUT2D eigenvalue weighted by Gasteiger charge is 2.24. The molecule has 1 aliphatic heterocycles. The molecule has 1 heterocycles. The fourth-order valence-corrected chi connectivity index (χ4v) is 3.57. The quantitative estimate of drug-likeness (QED) is 0.401. The van der Waals surface area contributed by atoms with Gasteiger partial charge in [0.05, 0.1) is 13.2 Å². The van der Waals surface area contributed by atoms with Crippen LogP contribution in [0.15, 0.2) is 23.2 Å². The lowest BCUT2D eigenvalue weighted by Gasteiger charge is -2.28. The number of hydrogen-bond acceptors (Lipinski definition) is 3. The van der Waals surface area contributed by atoms with Gasteiger partial charge in [-0.3, -0.25) is 9.89 Å². The Hall–Kier alpha value is -1.37. The van der Waals surface area contributed by atoms with Gasteiger partial charge in [-0.25, -0.2) is 4.39 Å². The molecule has 1 aromatic rings. The molecule has 5 nitrogen and oxygen atoms in total. The van der Waals surface area contributed by atoms with E-state index in [0.29, 0.717) is 11.6 Å². The number of rotatable bonds is 8. The lowest BCUT2D eigenvalue weighted by Crippen LogP contribution is -2.44. The molecule has 1 fully saturated rings. The molecule has 0 unspecified atom stereocenters. The molecule has 152 valence electrons. The van der Waals surface area contributed by atoms with Crippen LogP contribution in [0, 0.1) is 5.82 Å². The summed E-state index contributed by atoms with van der Waals surface area (Å²) in [5.74, 6) is 0.453. The average Bonchev–Trinajstić information content (AvgIpc) is 2.64. The smallest absolute Gasteiger partial charge is 0.191 e. The summed E-state index contributed by atoms with van der Waals surface area (Å²) in [7, 11) is 1.76. The number of aliphatic imine (C=N–C) groups is 1. The van der Waals surface area contributed by atoms with Gasteiger partial charge in [-0.2, -0.15) is 0 Å². The molecule has 0 aliphatic carbocycles. The zero-order valence-corrected chi connectivity index (χ0v) is 17.4. The van der Waals surface area contributed by atoms with Crippen molar-refractivity contribution in [2.24, 2.45) is 4.99 Å². The Balaban J connectivity index is 1.71. The summed E-state index contributed by atoms with van der Waals surface area (Å²) in [6, 6.07) is 4.56. The molecule has 0 radical (unpaired) electrons. The molecular formula is C20H32ClFN4O. The van der Waals surface area contributed by atoms with Gasteiger partial charge in [-0.05, 0) is 37.1 Å². The van der Waals surface area contributed by atoms with E-state index in [4.69, 9.17) is 16.3 Å². The minimum absolute atomic E-state index is 0.251. The molecule has 0 spiro atoms. The maximum Gasteiger partial charge on any atom is 0.191 e. The fourth-order valence-electron chi connectivity index (χ4n) is 3.15. The van der Waals surface area contributed by atoms with E-state index in [9.17, 15) is 4.39 Å². The summed E-state index contributed by atoms with van der Waals surface area (Å²) in [5.41, 5.74) is 0.665. The van der Waals surface area contributed by atoms with Crippen LogP contribution in [-0.2, 0) is 10.2 Å². The van der Waals surface area contributed by atoms with Crippen LogP contribution in [0.3, 0.4) is 0 Å². The van der Waals surface area contributed by atoms with Crippen LogP contribution in [-0.4, -0.2) is 63.8 Å². The predicted molar refractivity (Wildman–Crippen MR) is 110 cm³/mol. The maximum absolute atomic E-state index is 13.3. The number of morpholine rings is 1.